The van der Waals surface area contributed by atoms with Crippen LogP contribution < -0.4 is 10.6 Å². The lowest BCUT2D eigenvalue weighted by Crippen LogP contribution is -2.39. The summed E-state index contributed by atoms with van der Waals surface area (Å²) in [6, 6.07) is 24.8. The van der Waals surface area contributed by atoms with Gasteiger partial charge in [0.1, 0.15) is 5.82 Å². The number of nitrogens with zero attached hydrogens (tertiary/aromatic N) is 3. The molecule has 0 aliphatic rings. The number of H-pyrrole nitrogens is 1. The third-order valence-electron chi connectivity index (χ3n) is 5.03. The normalized spacial score (nSPS) is 12.5. The highest BCUT2D eigenvalue weighted by Crippen LogP contribution is 2.20. The molecule has 7 nitrogen and oxygen atoms in total. The molecule has 1 atom stereocenters. The van der Waals surface area contributed by atoms with Gasteiger partial charge in [-0.1, -0.05) is 60.7 Å². The van der Waals surface area contributed by atoms with Crippen LogP contribution in [0.3, 0.4) is 0 Å². The Kier molecular flexibility index (Phi) is 6.74. The smallest absolute Gasteiger partial charge is 0.216 e. The fourth-order valence-electron chi connectivity index (χ4n) is 3.43. The van der Waals surface area contributed by atoms with E-state index in [0.29, 0.717) is 35.8 Å². The minimum absolute atomic E-state index is 0.318. The molecule has 0 saturated carbocycles. The van der Waals surface area contributed by atoms with Gasteiger partial charge in [-0.2, -0.15) is 0 Å². The fourth-order valence-corrected chi connectivity index (χ4v) is 3.43. The Morgan fingerprint density at radius 1 is 1.00 bits per heavy atom. The molecule has 0 saturated heterocycles. The Bertz CT molecular complexity index is 1070. The number of aromatic amines is 1. The molecule has 2 aromatic heterocycles. The summed E-state index contributed by atoms with van der Waals surface area (Å²) >= 11 is 0. The second-order valence-corrected chi connectivity index (χ2v) is 7.19. The van der Waals surface area contributed by atoms with Crippen molar-refractivity contribution in [2.45, 2.75) is 18.9 Å². The van der Waals surface area contributed by atoms with Crippen molar-refractivity contribution < 1.29 is 4.42 Å². The van der Waals surface area contributed by atoms with Crippen LogP contribution in [-0.2, 0) is 13.0 Å². The summed E-state index contributed by atoms with van der Waals surface area (Å²) in [7, 11) is 1.76. The second-order valence-electron chi connectivity index (χ2n) is 7.19. The molecule has 31 heavy (non-hydrogen) atoms. The quantitative estimate of drug-likeness (QED) is 0.302. The van der Waals surface area contributed by atoms with E-state index >= 15 is 0 Å². The summed E-state index contributed by atoms with van der Waals surface area (Å²) in [5.41, 5.74) is 2.61. The Morgan fingerprint density at radius 2 is 1.77 bits per heavy atom. The largest absolute Gasteiger partial charge is 0.461 e. The van der Waals surface area contributed by atoms with Crippen LogP contribution in [0.25, 0.3) is 11.6 Å². The van der Waals surface area contributed by atoms with Crippen molar-refractivity contribution in [2.24, 2.45) is 4.99 Å². The summed E-state index contributed by atoms with van der Waals surface area (Å²) in [4.78, 5) is 8.80. The molecule has 0 spiro atoms. The van der Waals surface area contributed by atoms with Crippen LogP contribution >= 0.6 is 0 Å². The van der Waals surface area contributed by atoms with Crippen molar-refractivity contribution in [3.8, 4) is 11.6 Å². The fraction of sp³-hybridized carbons (Fsp3) is 0.208. The molecule has 1 unspecified atom stereocenters. The van der Waals surface area contributed by atoms with Gasteiger partial charge in [-0.05, 0) is 29.7 Å². The Hall–Kier alpha value is -3.87. The number of aromatic nitrogens is 3. The third kappa shape index (κ3) is 5.60. The zero-order valence-corrected chi connectivity index (χ0v) is 17.5. The average Bonchev–Trinajstić information content (AvgIpc) is 3.52. The van der Waals surface area contributed by atoms with Crippen LogP contribution in [0.1, 0.15) is 22.9 Å². The van der Waals surface area contributed by atoms with E-state index in [4.69, 9.17) is 4.42 Å². The maximum atomic E-state index is 5.33. The maximum absolute atomic E-state index is 5.33. The molecule has 4 aromatic rings. The van der Waals surface area contributed by atoms with Gasteiger partial charge in [-0.3, -0.25) is 10.1 Å². The molecule has 2 heterocycles. The Morgan fingerprint density at radius 3 is 2.48 bits per heavy atom. The molecule has 0 amide bonds. The molecule has 4 rings (SSSR count). The first kappa shape index (κ1) is 20.4. The Balaban J connectivity index is 1.36. The first-order chi connectivity index (χ1) is 15.3. The van der Waals surface area contributed by atoms with Gasteiger partial charge < -0.3 is 15.1 Å². The van der Waals surface area contributed by atoms with Crippen molar-refractivity contribution in [2.75, 3.05) is 13.6 Å². The summed E-state index contributed by atoms with van der Waals surface area (Å²) in [5, 5.41) is 13.9. The van der Waals surface area contributed by atoms with Crippen LogP contribution in [0, 0.1) is 0 Å². The van der Waals surface area contributed by atoms with Crippen molar-refractivity contribution >= 4 is 5.96 Å². The minimum atomic E-state index is 0.318. The molecular weight excluding hydrogens is 388 g/mol. The lowest BCUT2D eigenvalue weighted by molar-refractivity contribution is 0.577. The highest BCUT2D eigenvalue weighted by molar-refractivity contribution is 5.79. The lowest BCUT2D eigenvalue weighted by Gasteiger charge is -2.20. The molecule has 7 heteroatoms. The van der Waals surface area contributed by atoms with Crippen LogP contribution in [0.15, 0.2) is 88.5 Å². The third-order valence-corrected chi connectivity index (χ3v) is 5.03. The lowest BCUT2D eigenvalue weighted by atomic mass is 9.92. The van der Waals surface area contributed by atoms with E-state index < -0.39 is 0 Å². The number of guanidine groups is 1. The number of hydrogen-bond acceptors (Lipinski definition) is 4. The molecule has 0 radical (unpaired) electrons. The van der Waals surface area contributed by atoms with Gasteiger partial charge >= 0.3 is 0 Å². The highest BCUT2D eigenvalue weighted by Gasteiger charge is 2.14. The molecule has 0 aliphatic carbocycles. The number of hydrogen-bond donors (Lipinski definition) is 3. The van der Waals surface area contributed by atoms with E-state index in [1.54, 1.807) is 13.3 Å². The van der Waals surface area contributed by atoms with E-state index in [1.807, 2.05) is 24.3 Å². The predicted molar refractivity (Wildman–Crippen MR) is 122 cm³/mol. The van der Waals surface area contributed by atoms with Gasteiger partial charge in [0.05, 0.1) is 12.8 Å². The number of furan rings is 1. The molecule has 0 aliphatic heterocycles. The van der Waals surface area contributed by atoms with Gasteiger partial charge in [-0.15, -0.1) is 5.10 Å². The van der Waals surface area contributed by atoms with E-state index in [0.717, 1.165) is 13.0 Å². The molecule has 0 bridgehead atoms. The van der Waals surface area contributed by atoms with Gasteiger partial charge in [0.15, 0.2) is 11.7 Å². The van der Waals surface area contributed by atoms with Crippen molar-refractivity contribution in [1.29, 1.82) is 0 Å². The van der Waals surface area contributed by atoms with E-state index in [1.165, 1.54) is 11.1 Å². The van der Waals surface area contributed by atoms with Crippen LogP contribution in [0.5, 0.6) is 0 Å². The number of benzene rings is 2. The first-order valence-corrected chi connectivity index (χ1v) is 10.3. The van der Waals surface area contributed by atoms with E-state index in [9.17, 15) is 0 Å². The summed E-state index contributed by atoms with van der Waals surface area (Å²) < 4.78 is 5.33. The standard InChI is InChI=1S/C24H26N6O/c1-25-24(27-17-22-28-23(30-29-22)21-13-8-14-31-21)26-16-20(19-11-6-3-7-12-19)15-18-9-4-2-5-10-18/h2-14,20H,15-17H2,1H3,(H2,25,26,27)(H,28,29,30). The first-order valence-electron chi connectivity index (χ1n) is 10.3. The van der Waals surface area contributed by atoms with Gasteiger partial charge in [0.25, 0.3) is 0 Å². The SMILES string of the molecule is CN=C(NCc1nc(-c2ccco2)n[nH]1)NCC(Cc1ccccc1)c1ccccc1. The summed E-state index contributed by atoms with van der Waals surface area (Å²) in [6.45, 7) is 1.23. The Labute approximate surface area is 181 Å². The van der Waals surface area contributed by atoms with Crippen LogP contribution in [0.4, 0.5) is 0 Å². The van der Waals surface area contributed by atoms with E-state index in [2.05, 4.69) is 79.3 Å². The zero-order chi connectivity index (χ0) is 21.3. The summed E-state index contributed by atoms with van der Waals surface area (Å²) in [5.74, 6) is 2.91. The van der Waals surface area contributed by atoms with Crippen LogP contribution in [-0.4, -0.2) is 34.7 Å². The topological polar surface area (TPSA) is 91.1 Å². The van der Waals surface area contributed by atoms with Crippen LogP contribution in [0.2, 0.25) is 0 Å². The monoisotopic (exact) mass is 414 g/mol. The van der Waals surface area contributed by atoms with Crippen molar-refractivity contribution in [3.05, 3.63) is 96.0 Å². The van der Waals surface area contributed by atoms with E-state index in [-0.39, 0.29) is 0 Å². The molecular formula is C24H26N6O. The number of nitrogens with one attached hydrogen (secondary N) is 3. The molecule has 2 aromatic carbocycles. The van der Waals surface area contributed by atoms with Crippen molar-refractivity contribution in [1.82, 2.24) is 25.8 Å². The van der Waals surface area contributed by atoms with Gasteiger partial charge in [0, 0.05) is 19.5 Å². The maximum Gasteiger partial charge on any atom is 0.216 e. The predicted octanol–water partition coefficient (Wildman–Crippen LogP) is 3.76. The van der Waals surface area contributed by atoms with Gasteiger partial charge in [-0.25, -0.2) is 4.98 Å². The molecule has 3 N–H and O–H groups in total. The molecule has 0 fully saturated rings. The van der Waals surface area contributed by atoms with Gasteiger partial charge in [0.2, 0.25) is 5.82 Å². The number of rotatable bonds is 8. The second kappa shape index (κ2) is 10.2. The average molecular weight is 415 g/mol. The molecule has 158 valence electrons. The summed E-state index contributed by atoms with van der Waals surface area (Å²) in [6.07, 6.45) is 2.55. The van der Waals surface area contributed by atoms with Crippen molar-refractivity contribution in [3.63, 3.8) is 0 Å². The number of aliphatic imine (C=N–C) groups is 1. The minimum Gasteiger partial charge on any atom is -0.461 e. The zero-order valence-electron chi connectivity index (χ0n) is 17.5. The highest BCUT2D eigenvalue weighted by atomic mass is 16.3.